The third-order valence-corrected chi connectivity index (χ3v) is 4.50. The Morgan fingerprint density at radius 3 is 2.72 bits per heavy atom. The number of nitrogen functional groups attached to an aromatic ring is 1. The highest BCUT2D eigenvalue weighted by Gasteiger charge is 2.25. The number of piperidine rings is 1. The van der Waals surface area contributed by atoms with Crippen molar-refractivity contribution in [3.8, 4) is 11.8 Å². The molecule has 1 saturated heterocycles. The smallest absolute Gasteiger partial charge is 0.177 e. The van der Waals surface area contributed by atoms with Crippen LogP contribution in [0, 0.1) is 17.2 Å². The summed E-state index contributed by atoms with van der Waals surface area (Å²) in [5.41, 5.74) is 6.32. The van der Waals surface area contributed by atoms with E-state index >= 15 is 0 Å². The van der Waals surface area contributed by atoms with E-state index in [9.17, 15) is 0 Å². The molecule has 0 unspecified atom stereocenters. The Labute approximate surface area is 110 Å². The van der Waals surface area contributed by atoms with Gasteiger partial charge >= 0.3 is 0 Å². The van der Waals surface area contributed by atoms with E-state index in [0.717, 1.165) is 30.9 Å². The van der Waals surface area contributed by atoms with Crippen LogP contribution in [0.3, 0.4) is 0 Å². The van der Waals surface area contributed by atoms with Crippen molar-refractivity contribution in [2.75, 3.05) is 37.4 Å². The monoisotopic (exact) mass is 267 g/mol. The van der Waals surface area contributed by atoms with Crippen LogP contribution < -0.4 is 15.4 Å². The van der Waals surface area contributed by atoms with Gasteiger partial charge in [0.15, 0.2) is 5.75 Å². The van der Waals surface area contributed by atoms with E-state index in [-0.39, 0.29) is 6.61 Å². The summed E-state index contributed by atoms with van der Waals surface area (Å²) in [6, 6.07) is 2.10. The Hall–Kier alpha value is -1.45. The number of anilines is 2. The molecule has 1 fully saturated rings. The van der Waals surface area contributed by atoms with Gasteiger partial charge in [0, 0.05) is 19.7 Å². The third kappa shape index (κ3) is 2.24. The Morgan fingerprint density at radius 2 is 2.22 bits per heavy atom. The number of hydrogen-bond donors (Lipinski definition) is 2. The van der Waals surface area contributed by atoms with Gasteiger partial charge in [-0.1, -0.05) is 0 Å². The lowest BCUT2D eigenvalue weighted by Gasteiger charge is -2.32. The van der Waals surface area contributed by atoms with Crippen LogP contribution in [0.5, 0.6) is 5.75 Å². The fourth-order valence-corrected chi connectivity index (χ4v) is 3.26. The predicted molar refractivity (Wildman–Crippen MR) is 72.0 cm³/mol. The highest BCUT2D eigenvalue weighted by Crippen LogP contribution is 2.45. The van der Waals surface area contributed by atoms with Gasteiger partial charge in [0.2, 0.25) is 0 Å². The molecule has 1 aliphatic heterocycles. The molecule has 0 aromatic carbocycles. The zero-order chi connectivity index (χ0) is 13.1. The van der Waals surface area contributed by atoms with Gasteiger partial charge in [-0.05, 0) is 18.8 Å². The molecule has 2 heterocycles. The Bertz CT molecular complexity index is 459. The minimum absolute atomic E-state index is 0.251. The molecule has 0 aliphatic carbocycles. The molecule has 5 nitrogen and oxygen atoms in total. The van der Waals surface area contributed by atoms with Crippen molar-refractivity contribution in [1.29, 1.82) is 5.26 Å². The number of rotatable bonds is 3. The first-order chi connectivity index (χ1) is 8.71. The van der Waals surface area contributed by atoms with Crippen LogP contribution in [0.4, 0.5) is 10.7 Å². The summed E-state index contributed by atoms with van der Waals surface area (Å²) in [6.45, 7) is 1.99. The van der Waals surface area contributed by atoms with Crippen molar-refractivity contribution >= 4 is 22.0 Å². The lowest BCUT2D eigenvalue weighted by molar-refractivity contribution is 0.203. The van der Waals surface area contributed by atoms with Crippen LogP contribution >= 0.6 is 11.3 Å². The maximum absolute atomic E-state index is 9.13. The summed E-state index contributed by atoms with van der Waals surface area (Å²) in [7, 11) is 1.57. The summed E-state index contributed by atoms with van der Waals surface area (Å²) < 4.78 is 5.31. The number of aliphatic hydroxyl groups is 1. The normalized spacial score (nSPS) is 16.6. The number of aliphatic hydroxyl groups excluding tert-OH is 1. The number of thiophene rings is 1. The molecule has 2 rings (SSSR count). The van der Waals surface area contributed by atoms with Crippen molar-refractivity contribution < 1.29 is 9.84 Å². The highest BCUT2D eigenvalue weighted by molar-refractivity contribution is 7.17. The van der Waals surface area contributed by atoms with Crippen LogP contribution in [0.15, 0.2) is 0 Å². The maximum Gasteiger partial charge on any atom is 0.177 e. The van der Waals surface area contributed by atoms with Crippen LogP contribution in [0.1, 0.15) is 17.7 Å². The summed E-state index contributed by atoms with van der Waals surface area (Å²) in [4.78, 5) is 2.69. The number of hydrogen-bond acceptors (Lipinski definition) is 6. The Kier molecular flexibility index (Phi) is 3.94. The van der Waals surface area contributed by atoms with E-state index in [0.29, 0.717) is 22.2 Å². The lowest BCUT2D eigenvalue weighted by atomic mass is 9.98. The van der Waals surface area contributed by atoms with Gasteiger partial charge in [0.25, 0.3) is 0 Å². The van der Waals surface area contributed by atoms with E-state index in [2.05, 4.69) is 11.0 Å². The average molecular weight is 267 g/mol. The van der Waals surface area contributed by atoms with Gasteiger partial charge in [0.1, 0.15) is 21.6 Å². The Balaban J connectivity index is 2.21. The molecule has 0 radical (unpaired) electrons. The quantitative estimate of drug-likeness (QED) is 0.865. The molecular weight excluding hydrogens is 250 g/mol. The third-order valence-electron chi connectivity index (χ3n) is 3.35. The summed E-state index contributed by atoms with van der Waals surface area (Å²) in [5.74, 6) is 0.999. The summed E-state index contributed by atoms with van der Waals surface area (Å²) >= 11 is 1.38. The minimum atomic E-state index is 0.251. The molecule has 3 N–H and O–H groups in total. The van der Waals surface area contributed by atoms with Crippen molar-refractivity contribution in [3.63, 3.8) is 0 Å². The van der Waals surface area contributed by atoms with Crippen LogP contribution in [-0.2, 0) is 0 Å². The minimum Gasteiger partial charge on any atom is -0.492 e. The van der Waals surface area contributed by atoms with Crippen LogP contribution in [0.2, 0.25) is 0 Å². The first kappa shape index (κ1) is 13.0. The standard InChI is InChI=1S/C12H17N3O2S/c1-17-11-10(14)9(6-13)18-12(11)15-4-2-8(7-16)3-5-15/h8,16H,2-5,7,14H2,1H3. The number of nitrogens with zero attached hydrogens (tertiary/aromatic N) is 2. The van der Waals surface area contributed by atoms with E-state index < -0.39 is 0 Å². The largest absolute Gasteiger partial charge is 0.492 e. The van der Waals surface area contributed by atoms with E-state index in [1.807, 2.05) is 0 Å². The molecule has 1 aliphatic rings. The molecule has 0 atom stereocenters. The second kappa shape index (κ2) is 5.46. The number of ether oxygens (including phenoxy) is 1. The van der Waals surface area contributed by atoms with E-state index in [1.54, 1.807) is 7.11 Å². The molecule has 18 heavy (non-hydrogen) atoms. The molecule has 98 valence electrons. The van der Waals surface area contributed by atoms with Gasteiger partial charge in [-0.2, -0.15) is 5.26 Å². The number of nitriles is 1. The molecule has 0 saturated carbocycles. The molecule has 0 bridgehead atoms. The van der Waals surface area contributed by atoms with E-state index in [1.165, 1.54) is 11.3 Å². The van der Waals surface area contributed by atoms with Crippen molar-refractivity contribution in [3.05, 3.63) is 4.88 Å². The molecule has 0 amide bonds. The van der Waals surface area contributed by atoms with Gasteiger partial charge in [0.05, 0.1) is 7.11 Å². The molecule has 0 spiro atoms. The van der Waals surface area contributed by atoms with Crippen molar-refractivity contribution in [2.24, 2.45) is 5.92 Å². The van der Waals surface area contributed by atoms with Gasteiger partial charge in [-0.3, -0.25) is 0 Å². The Morgan fingerprint density at radius 1 is 1.56 bits per heavy atom. The zero-order valence-electron chi connectivity index (χ0n) is 10.3. The second-order valence-corrected chi connectivity index (χ2v) is 5.41. The maximum atomic E-state index is 9.13. The molecular formula is C12H17N3O2S. The van der Waals surface area contributed by atoms with E-state index in [4.69, 9.17) is 20.8 Å². The average Bonchev–Trinajstić information content (AvgIpc) is 2.75. The van der Waals surface area contributed by atoms with Crippen molar-refractivity contribution in [2.45, 2.75) is 12.8 Å². The zero-order valence-corrected chi connectivity index (χ0v) is 11.2. The number of methoxy groups -OCH3 is 1. The summed E-state index contributed by atoms with van der Waals surface area (Å²) in [6.07, 6.45) is 1.92. The SMILES string of the molecule is COc1c(N2CCC(CO)CC2)sc(C#N)c1N. The highest BCUT2D eigenvalue weighted by atomic mass is 32.1. The first-order valence-electron chi connectivity index (χ1n) is 5.93. The molecule has 6 heteroatoms. The van der Waals surface area contributed by atoms with Crippen molar-refractivity contribution in [1.82, 2.24) is 0 Å². The fourth-order valence-electron chi connectivity index (χ4n) is 2.22. The first-order valence-corrected chi connectivity index (χ1v) is 6.75. The predicted octanol–water partition coefficient (Wildman–Crippen LogP) is 1.42. The number of nitrogens with two attached hydrogens (primary N) is 1. The lowest BCUT2D eigenvalue weighted by Crippen LogP contribution is -2.34. The van der Waals surface area contributed by atoms with Gasteiger partial charge in [-0.15, -0.1) is 11.3 Å². The fraction of sp³-hybridized carbons (Fsp3) is 0.583. The molecule has 1 aromatic heterocycles. The molecule has 1 aromatic rings. The van der Waals surface area contributed by atoms with Gasteiger partial charge in [-0.25, -0.2) is 0 Å². The van der Waals surface area contributed by atoms with Crippen LogP contribution in [0.25, 0.3) is 0 Å². The topological polar surface area (TPSA) is 82.5 Å². The van der Waals surface area contributed by atoms with Gasteiger partial charge < -0.3 is 20.5 Å². The second-order valence-electron chi connectivity index (χ2n) is 4.41. The van der Waals surface area contributed by atoms with Crippen LogP contribution in [-0.4, -0.2) is 31.9 Å². The summed E-state index contributed by atoms with van der Waals surface area (Å²) in [5, 5.41) is 19.1.